The molecule has 11 heteroatoms. The summed E-state index contributed by atoms with van der Waals surface area (Å²) in [5, 5.41) is 17.6. The van der Waals surface area contributed by atoms with Gasteiger partial charge in [0.25, 0.3) is 0 Å². The minimum absolute atomic E-state index is 0.130. The summed E-state index contributed by atoms with van der Waals surface area (Å²) in [4.78, 5) is 23.9. The van der Waals surface area contributed by atoms with E-state index >= 15 is 0 Å². The van der Waals surface area contributed by atoms with Gasteiger partial charge in [0.1, 0.15) is 24.2 Å². The number of carbonyl (C=O) groups excluding carboxylic acids is 1. The number of aliphatic hydroxyl groups is 1. The van der Waals surface area contributed by atoms with Gasteiger partial charge in [0, 0.05) is 30.9 Å². The fourth-order valence-electron chi connectivity index (χ4n) is 4.85. The van der Waals surface area contributed by atoms with Crippen molar-refractivity contribution in [2.75, 3.05) is 39.9 Å². The molecule has 0 spiro atoms. The molecule has 1 fully saturated rings. The quantitative estimate of drug-likeness (QED) is 0.374. The van der Waals surface area contributed by atoms with E-state index in [4.69, 9.17) is 35.6 Å². The Hall–Kier alpha value is -3.21. The van der Waals surface area contributed by atoms with E-state index in [0.29, 0.717) is 60.6 Å². The molecule has 3 heterocycles. The van der Waals surface area contributed by atoms with Crippen molar-refractivity contribution in [2.24, 2.45) is 5.92 Å². The number of carbonyl (C=O) groups is 1. The van der Waals surface area contributed by atoms with Crippen LogP contribution in [0.2, 0.25) is 5.02 Å². The number of ether oxygens (including phenoxy) is 2. The van der Waals surface area contributed by atoms with E-state index in [1.807, 2.05) is 27.7 Å². The van der Waals surface area contributed by atoms with E-state index < -0.39 is 6.10 Å². The fraction of sp³-hybridized carbons (Fsp3) is 0.500. The summed E-state index contributed by atoms with van der Waals surface area (Å²) in [5.74, 6) is 1.90. The lowest BCUT2D eigenvalue weighted by atomic mass is 9.96. The molecule has 0 aliphatic carbocycles. The molecule has 2 atom stereocenters. The second-order valence-electron chi connectivity index (χ2n) is 9.83. The van der Waals surface area contributed by atoms with Crippen LogP contribution >= 0.6 is 11.6 Å². The van der Waals surface area contributed by atoms with Crippen LogP contribution in [-0.2, 0) is 11.2 Å². The second-order valence-corrected chi connectivity index (χ2v) is 10.2. The van der Waals surface area contributed by atoms with Gasteiger partial charge in [-0.1, -0.05) is 16.8 Å². The minimum atomic E-state index is -0.650. The summed E-state index contributed by atoms with van der Waals surface area (Å²) in [5.41, 5.74) is 4.72. The maximum Gasteiger partial charge on any atom is 0.409 e. The Bertz CT molecular complexity index is 1290. The third-order valence-corrected chi connectivity index (χ3v) is 7.20. The van der Waals surface area contributed by atoms with Crippen molar-refractivity contribution in [2.45, 2.75) is 46.6 Å². The number of likely N-dealkylation sites (N-methyl/N-ethyl adjacent to an activating group) is 1. The van der Waals surface area contributed by atoms with E-state index in [9.17, 15) is 9.90 Å². The van der Waals surface area contributed by atoms with Crippen LogP contribution in [0.5, 0.6) is 5.75 Å². The number of nitrogens with one attached hydrogen (secondary N) is 1. The summed E-state index contributed by atoms with van der Waals surface area (Å²) >= 11 is 6.65. The van der Waals surface area contributed by atoms with Crippen LogP contribution in [-0.4, -0.2) is 77.2 Å². The highest BCUT2D eigenvalue weighted by molar-refractivity contribution is 6.33. The Kier molecular flexibility index (Phi) is 9.42. The molecule has 1 amide bonds. The number of aryl methyl sites for hydroxylation is 2. The molecule has 10 nitrogen and oxygen atoms in total. The number of nitrogens with zero attached hydrogens (tertiary/aromatic N) is 4. The smallest absolute Gasteiger partial charge is 0.409 e. The lowest BCUT2D eigenvalue weighted by molar-refractivity contribution is 0.108. The van der Waals surface area contributed by atoms with Crippen LogP contribution in [0, 0.1) is 26.7 Å². The predicted molar refractivity (Wildman–Crippen MR) is 148 cm³/mol. The van der Waals surface area contributed by atoms with Crippen LogP contribution in [0.15, 0.2) is 22.7 Å². The molecule has 1 aliphatic rings. The van der Waals surface area contributed by atoms with E-state index in [0.717, 1.165) is 34.6 Å². The Morgan fingerprint density at radius 3 is 2.79 bits per heavy atom. The number of halogens is 1. The third kappa shape index (κ3) is 6.69. The first-order valence-corrected chi connectivity index (χ1v) is 13.6. The summed E-state index contributed by atoms with van der Waals surface area (Å²) in [6, 6.07) is 5.28. The number of benzene rings is 1. The normalized spacial score (nSPS) is 16.0. The van der Waals surface area contributed by atoms with E-state index in [2.05, 4.69) is 10.5 Å². The van der Waals surface area contributed by atoms with Gasteiger partial charge >= 0.3 is 6.09 Å². The van der Waals surface area contributed by atoms with Gasteiger partial charge in [-0.15, -0.1) is 0 Å². The van der Waals surface area contributed by atoms with Gasteiger partial charge in [0.05, 0.1) is 28.6 Å². The first-order chi connectivity index (χ1) is 18.7. The van der Waals surface area contributed by atoms with E-state index in [1.54, 1.807) is 30.1 Å². The molecule has 0 bridgehead atoms. The Balaban J connectivity index is 1.71. The molecule has 3 aromatic rings. The van der Waals surface area contributed by atoms with Gasteiger partial charge < -0.3 is 29.3 Å². The van der Waals surface area contributed by atoms with Gasteiger partial charge in [0.2, 0.25) is 0 Å². The number of aromatic nitrogens is 3. The highest BCUT2D eigenvalue weighted by atomic mass is 35.5. The highest BCUT2D eigenvalue weighted by Gasteiger charge is 2.29. The molecule has 0 saturated carbocycles. The highest BCUT2D eigenvalue weighted by Crippen LogP contribution is 2.36. The van der Waals surface area contributed by atoms with Crippen molar-refractivity contribution in [1.29, 1.82) is 0 Å². The van der Waals surface area contributed by atoms with Gasteiger partial charge in [-0.3, -0.25) is 0 Å². The van der Waals surface area contributed by atoms with Crippen molar-refractivity contribution >= 4 is 17.7 Å². The van der Waals surface area contributed by atoms with Crippen molar-refractivity contribution in [3.8, 4) is 28.4 Å². The molecular formula is C28H36ClN5O5. The molecule has 210 valence electrons. The topological polar surface area (TPSA) is 123 Å². The second kappa shape index (κ2) is 12.8. The molecule has 1 aromatic carbocycles. The molecule has 2 aromatic heterocycles. The minimum Gasteiger partial charge on any atom is -0.491 e. The molecular weight excluding hydrogens is 522 g/mol. The number of hydrogen-bond donors (Lipinski definition) is 2. The molecule has 4 rings (SSSR count). The zero-order valence-corrected chi connectivity index (χ0v) is 23.8. The number of amides is 1. The van der Waals surface area contributed by atoms with Crippen molar-refractivity contribution < 1.29 is 23.9 Å². The standard InChI is InChI=1S/C28H36ClN5O5/c1-6-37-28(36)34-10-9-19(14-34)11-24-16(2)26(25-17(3)33-39-18(25)4)32-27(31-24)22-12-21(7-8-23(22)29)38-15-20(35)13-30-5/h7-8,12,19-20,30,35H,6,9-11,13-15H2,1-5H3/t19-,20+/m0/s1. The number of aliphatic hydroxyl groups excluding tert-OH is 1. The first-order valence-electron chi connectivity index (χ1n) is 13.2. The third-order valence-electron chi connectivity index (χ3n) is 6.87. The SMILES string of the molecule is CCOC(=O)N1CC[C@@H](Cc2nc(-c3cc(OC[C@H](O)CNC)ccc3Cl)nc(-c3c(C)noc3C)c2C)C1. The summed E-state index contributed by atoms with van der Waals surface area (Å²) in [6.07, 6.45) is 0.595. The molecule has 1 aliphatic heterocycles. The van der Waals surface area contributed by atoms with Gasteiger partial charge in [-0.05, 0) is 77.3 Å². The lowest BCUT2D eigenvalue weighted by Gasteiger charge is -2.18. The maximum absolute atomic E-state index is 12.3. The summed E-state index contributed by atoms with van der Waals surface area (Å²) < 4.78 is 16.5. The zero-order chi connectivity index (χ0) is 28.1. The molecule has 2 N–H and O–H groups in total. The van der Waals surface area contributed by atoms with Crippen molar-refractivity contribution in [3.63, 3.8) is 0 Å². The number of hydrogen-bond acceptors (Lipinski definition) is 9. The Labute approximate surface area is 233 Å². The monoisotopic (exact) mass is 557 g/mol. The predicted octanol–water partition coefficient (Wildman–Crippen LogP) is 4.36. The average molecular weight is 558 g/mol. The van der Waals surface area contributed by atoms with Gasteiger partial charge in [-0.25, -0.2) is 14.8 Å². The van der Waals surface area contributed by atoms with Crippen LogP contribution in [0.25, 0.3) is 22.6 Å². The lowest BCUT2D eigenvalue weighted by Crippen LogP contribution is -2.29. The van der Waals surface area contributed by atoms with Crippen LogP contribution in [0.4, 0.5) is 4.79 Å². The fourth-order valence-corrected chi connectivity index (χ4v) is 5.05. The Morgan fingerprint density at radius 2 is 2.10 bits per heavy atom. The number of likely N-dealkylation sites (tertiary alicyclic amines) is 1. The Morgan fingerprint density at radius 1 is 1.31 bits per heavy atom. The molecule has 39 heavy (non-hydrogen) atoms. The van der Waals surface area contributed by atoms with E-state index in [1.165, 1.54) is 0 Å². The molecule has 1 saturated heterocycles. The first kappa shape index (κ1) is 28.8. The van der Waals surface area contributed by atoms with Crippen molar-refractivity contribution in [3.05, 3.63) is 45.9 Å². The van der Waals surface area contributed by atoms with Crippen LogP contribution in [0.3, 0.4) is 0 Å². The van der Waals surface area contributed by atoms with Gasteiger partial charge in [0.15, 0.2) is 5.82 Å². The maximum atomic E-state index is 12.3. The van der Waals surface area contributed by atoms with E-state index in [-0.39, 0.29) is 18.6 Å². The summed E-state index contributed by atoms with van der Waals surface area (Å²) in [6.45, 7) is 9.73. The van der Waals surface area contributed by atoms with Crippen LogP contribution < -0.4 is 10.1 Å². The molecule has 0 radical (unpaired) electrons. The van der Waals surface area contributed by atoms with Crippen molar-refractivity contribution in [1.82, 2.24) is 25.3 Å². The largest absolute Gasteiger partial charge is 0.491 e. The van der Waals surface area contributed by atoms with Gasteiger partial charge in [-0.2, -0.15) is 0 Å². The average Bonchev–Trinajstić information content (AvgIpc) is 3.51. The molecule has 0 unspecified atom stereocenters. The summed E-state index contributed by atoms with van der Waals surface area (Å²) in [7, 11) is 1.77. The zero-order valence-electron chi connectivity index (χ0n) is 23.1. The number of rotatable bonds is 10. The van der Waals surface area contributed by atoms with Crippen LogP contribution in [0.1, 0.15) is 36.1 Å².